The second kappa shape index (κ2) is 9.40. The van der Waals surface area contributed by atoms with Crippen molar-refractivity contribution in [3.63, 3.8) is 0 Å². The summed E-state index contributed by atoms with van der Waals surface area (Å²) in [6.45, 7) is 6.49. The molecule has 138 valence electrons. The van der Waals surface area contributed by atoms with Gasteiger partial charge in [0.15, 0.2) is 5.96 Å². The molecule has 0 saturated carbocycles. The zero-order chi connectivity index (χ0) is 16.9. The highest BCUT2D eigenvalue weighted by atomic mass is 127. The van der Waals surface area contributed by atoms with Crippen LogP contribution < -0.4 is 5.73 Å². The van der Waals surface area contributed by atoms with Crippen molar-refractivity contribution in [2.75, 3.05) is 19.6 Å². The lowest BCUT2D eigenvalue weighted by Gasteiger charge is -2.31. The first-order valence-electron chi connectivity index (χ1n) is 9.02. The Morgan fingerprint density at radius 3 is 2.64 bits per heavy atom. The van der Waals surface area contributed by atoms with Crippen molar-refractivity contribution in [1.82, 2.24) is 9.80 Å². The summed E-state index contributed by atoms with van der Waals surface area (Å²) in [7, 11) is 0. The number of piperidine rings is 1. The van der Waals surface area contributed by atoms with E-state index < -0.39 is 0 Å². The van der Waals surface area contributed by atoms with Gasteiger partial charge in [0.2, 0.25) is 5.91 Å². The van der Waals surface area contributed by atoms with E-state index in [1.165, 1.54) is 18.4 Å². The summed E-state index contributed by atoms with van der Waals surface area (Å²) < 4.78 is 0. The first-order valence-corrected chi connectivity index (χ1v) is 9.02. The summed E-state index contributed by atoms with van der Waals surface area (Å²) >= 11 is 0. The molecule has 0 aromatic heterocycles. The summed E-state index contributed by atoms with van der Waals surface area (Å²) in [6, 6.07) is 8.33. The van der Waals surface area contributed by atoms with Crippen LogP contribution in [0.2, 0.25) is 0 Å². The Kier molecular flexibility index (Phi) is 7.53. The van der Waals surface area contributed by atoms with Crippen LogP contribution in [0.15, 0.2) is 29.3 Å². The van der Waals surface area contributed by atoms with Gasteiger partial charge in [-0.1, -0.05) is 31.2 Å². The highest BCUT2D eigenvalue weighted by Gasteiger charge is 2.20. The molecule has 0 atom stereocenters. The molecule has 2 N–H and O–H groups in total. The molecule has 5 nitrogen and oxygen atoms in total. The molecule has 1 aromatic carbocycles. The standard InChI is InChI=1S/C19H28N4O.HI/c1-15-7-10-22(11-8-15)19(20)21-13-16-4-2-5-17(12-16)14-23-9-3-6-18(23)24;/h2,4-5,12,15H,3,6-11,13-14H2,1H3,(H2,20,21);1H. The third kappa shape index (κ3) is 5.59. The van der Waals surface area contributed by atoms with Crippen LogP contribution in [0.5, 0.6) is 0 Å². The predicted octanol–water partition coefficient (Wildman–Crippen LogP) is 2.97. The highest BCUT2D eigenvalue weighted by Crippen LogP contribution is 2.17. The second-order valence-corrected chi connectivity index (χ2v) is 7.08. The quantitative estimate of drug-likeness (QED) is 0.431. The zero-order valence-electron chi connectivity index (χ0n) is 15.0. The van der Waals surface area contributed by atoms with Gasteiger partial charge in [0, 0.05) is 32.6 Å². The van der Waals surface area contributed by atoms with Crippen molar-refractivity contribution in [2.24, 2.45) is 16.6 Å². The van der Waals surface area contributed by atoms with E-state index in [2.05, 4.69) is 35.0 Å². The van der Waals surface area contributed by atoms with Crippen molar-refractivity contribution < 1.29 is 4.79 Å². The number of likely N-dealkylation sites (tertiary alicyclic amines) is 2. The van der Waals surface area contributed by atoms with Gasteiger partial charge in [-0.25, -0.2) is 4.99 Å². The second-order valence-electron chi connectivity index (χ2n) is 7.08. The molecule has 0 spiro atoms. The Balaban J connectivity index is 0.00000225. The van der Waals surface area contributed by atoms with Gasteiger partial charge in [0.05, 0.1) is 6.54 Å². The van der Waals surface area contributed by atoms with Gasteiger partial charge in [-0.15, -0.1) is 24.0 Å². The molecule has 3 rings (SSSR count). The Morgan fingerprint density at radius 2 is 1.96 bits per heavy atom. The molecule has 2 heterocycles. The number of nitrogens with two attached hydrogens (primary N) is 1. The molecule has 1 amide bonds. The van der Waals surface area contributed by atoms with Crippen molar-refractivity contribution in [3.8, 4) is 0 Å². The fraction of sp³-hybridized carbons (Fsp3) is 0.579. The van der Waals surface area contributed by atoms with Crippen LogP contribution in [-0.4, -0.2) is 41.3 Å². The summed E-state index contributed by atoms with van der Waals surface area (Å²) in [4.78, 5) is 20.5. The molecule has 2 fully saturated rings. The number of hydrogen-bond acceptors (Lipinski definition) is 2. The van der Waals surface area contributed by atoms with Crippen LogP contribution >= 0.6 is 24.0 Å². The number of halogens is 1. The monoisotopic (exact) mass is 456 g/mol. The lowest BCUT2D eigenvalue weighted by Crippen LogP contribution is -2.42. The van der Waals surface area contributed by atoms with E-state index in [4.69, 9.17) is 5.73 Å². The average Bonchev–Trinajstić information content (AvgIpc) is 2.98. The van der Waals surface area contributed by atoms with Crippen molar-refractivity contribution in [2.45, 2.75) is 45.7 Å². The summed E-state index contributed by atoms with van der Waals surface area (Å²) in [5, 5.41) is 0. The van der Waals surface area contributed by atoms with Crippen molar-refractivity contribution in [3.05, 3.63) is 35.4 Å². The molecule has 6 heteroatoms. The fourth-order valence-corrected chi connectivity index (χ4v) is 3.43. The van der Waals surface area contributed by atoms with Crippen LogP contribution in [0, 0.1) is 5.92 Å². The van der Waals surface area contributed by atoms with E-state index in [9.17, 15) is 4.79 Å². The number of aliphatic imine (C=N–C) groups is 1. The number of amides is 1. The Labute approximate surface area is 167 Å². The van der Waals surface area contributed by atoms with Gasteiger partial charge in [0.1, 0.15) is 0 Å². The number of guanidine groups is 1. The van der Waals surface area contributed by atoms with Gasteiger partial charge in [-0.2, -0.15) is 0 Å². The minimum atomic E-state index is 0. The largest absolute Gasteiger partial charge is 0.370 e. The molecule has 1 aromatic rings. The van der Waals surface area contributed by atoms with Gasteiger partial charge >= 0.3 is 0 Å². The molecule has 2 saturated heterocycles. The minimum Gasteiger partial charge on any atom is -0.370 e. The van der Waals surface area contributed by atoms with Gasteiger partial charge in [-0.3, -0.25) is 4.79 Å². The number of carbonyl (C=O) groups is 1. The first kappa shape index (κ1) is 20.0. The average molecular weight is 456 g/mol. The molecule has 25 heavy (non-hydrogen) atoms. The molecule has 2 aliphatic heterocycles. The molecule has 0 bridgehead atoms. The number of hydrogen-bond donors (Lipinski definition) is 1. The molecular weight excluding hydrogens is 427 g/mol. The smallest absolute Gasteiger partial charge is 0.222 e. The van der Waals surface area contributed by atoms with Gasteiger partial charge in [-0.05, 0) is 36.3 Å². The third-order valence-corrected chi connectivity index (χ3v) is 5.07. The van der Waals surface area contributed by atoms with E-state index in [0.717, 1.165) is 37.5 Å². The van der Waals surface area contributed by atoms with E-state index in [1.54, 1.807) is 0 Å². The number of carbonyl (C=O) groups excluding carboxylic acids is 1. The summed E-state index contributed by atoms with van der Waals surface area (Å²) in [5.74, 6) is 1.71. The first-order chi connectivity index (χ1) is 11.6. The number of rotatable bonds is 4. The zero-order valence-corrected chi connectivity index (χ0v) is 17.3. The lowest BCUT2D eigenvalue weighted by atomic mass is 10.00. The molecule has 0 aliphatic carbocycles. The lowest BCUT2D eigenvalue weighted by molar-refractivity contribution is -0.128. The van der Waals surface area contributed by atoms with Crippen LogP contribution in [0.3, 0.4) is 0 Å². The Morgan fingerprint density at radius 1 is 1.24 bits per heavy atom. The van der Waals surface area contributed by atoms with E-state index in [0.29, 0.717) is 25.5 Å². The number of nitrogens with zero attached hydrogens (tertiary/aromatic N) is 3. The van der Waals surface area contributed by atoms with Crippen LogP contribution in [0.25, 0.3) is 0 Å². The van der Waals surface area contributed by atoms with Crippen molar-refractivity contribution in [1.29, 1.82) is 0 Å². The summed E-state index contributed by atoms with van der Waals surface area (Å²) in [6.07, 6.45) is 4.05. The summed E-state index contributed by atoms with van der Waals surface area (Å²) in [5.41, 5.74) is 8.47. The minimum absolute atomic E-state index is 0. The molecule has 0 radical (unpaired) electrons. The third-order valence-electron chi connectivity index (χ3n) is 5.07. The van der Waals surface area contributed by atoms with Crippen molar-refractivity contribution >= 4 is 35.8 Å². The maximum Gasteiger partial charge on any atom is 0.222 e. The van der Waals surface area contributed by atoms with Crippen LogP contribution in [0.4, 0.5) is 0 Å². The molecule has 0 unspecified atom stereocenters. The molecular formula is C19H29IN4O. The normalized spacial score (nSPS) is 19.2. The van der Waals surface area contributed by atoms with Crippen LogP contribution in [-0.2, 0) is 17.9 Å². The Hall–Kier alpha value is -1.31. The van der Waals surface area contributed by atoms with Crippen LogP contribution in [0.1, 0.15) is 43.7 Å². The van der Waals surface area contributed by atoms with E-state index in [1.807, 2.05) is 11.0 Å². The maximum absolute atomic E-state index is 11.8. The predicted molar refractivity (Wildman–Crippen MR) is 112 cm³/mol. The van der Waals surface area contributed by atoms with Gasteiger partial charge < -0.3 is 15.5 Å². The molecule has 2 aliphatic rings. The maximum atomic E-state index is 11.8. The highest BCUT2D eigenvalue weighted by molar-refractivity contribution is 14.0. The van der Waals surface area contributed by atoms with E-state index >= 15 is 0 Å². The fourth-order valence-electron chi connectivity index (χ4n) is 3.43. The van der Waals surface area contributed by atoms with E-state index in [-0.39, 0.29) is 29.9 Å². The SMILES string of the molecule is CC1CCN(C(N)=NCc2cccc(CN3CCCC3=O)c2)CC1.I. The Bertz CT molecular complexity index is 611. The number of benzene rings is 1. The van der Waals surface area contributed by atoms with Gasteiger partial charge in [0.25, 0.3) is 0 Å². The topological polar surface area (TPSA) is 61.9 Å².